The van der Waals surface area contributed by atoms with E-state index in [1.54, 1.807) is 4.90 Å². The van der Waals surface area contributed by atoms with E-state index in [0.29, 0.717) is 39.0 Å². The van der Waals surface area contributed by atoms with Crippen LogP contribution in [0.1, 0.15) is 48.9 Å². The first-order chi connectivity index (χ1) is 14.5. The van der Waals surface area contributed by atoms with Crippen LogP contribution in [-0.4, -0.2) is 72.7 Å². The molecule has 1 aromatic rings. The third-order valence-corrected chi connectivity index (χ3v) is 6.48. The van der Waals surface area contributed by atoms with Crippen molar-refractivity contribution in [3.05, 3.63) is 35.4 Å². The first kappa shape index (κ1) is 21.2. The smallest absolute Gasteiger partial charge is 0.253 e. The second kappa shape index (κ2) is 8.98. The van der Waals surface area contributed by atoms with Crippen molar-refractivity contribution in [3.63, 3.8) is 0 Å². The molecule has 1 aromatic carbocycles. The van der Waals surface area contributed by atoms with E-state index in [0.717, 1.165) is 44.5 Å². The third kappa shape index (κ3) is 4.64. The number of piperidine rings is 1. The van der Waals surface area contributed by atoms with E-state index in [2.05, 4.69) is 0 Å². The summed E-state index contributed by atoms with van der Waals surface area (Å²) in [5.74, 6) is -2.23. The summed E-state index contributed by atoms with van der Waals surface area (Å²) in [6.07, 6.45) is 4.86. The molecule has 6 nitrogen and oxygen atoms in total. The van der Waals surface area contributed by atoms with Gasteiger partial charge in [0.25, 0.3) is 5.91 Å². The van der Waals surface area contributed by atoms with Gasteiger partial charge in [0, 0.05) is 44.8 Å². The van der Waals surface area contributed by atoms with Crippen molar-refractivity contribution in [1.82, 2.24) is 9.80 Å². The van der Waals surface area contributed by atoms with Crippen LogP contribution in [0.5, 0.6) is 0 Å². The molecule has 3 aliphatic rings. The average molecular weight is 422 g/mol. The number of rotatable bonds is 4. The lowest BCUT2D eigenvalue weighted by atomic mass is 9.83. The Hall–Kier alpha value is -2.06. The highest BCUT2D eigenvalue weighted by Gasteiger charge is 2.42. The maximum absolute atomic E-state index is 13.5. The van der Waals surface area contributed by atoms with E-state index in [9.17, 15) is 18.4 Å². The van der Waals surface area contributed by atoms with Gasteiger partial charge in [-0.3, -0.25) is 9.59 Å². The number of halogens is 2. The van der Waals surface area contributed by atoms with Crippen molar-refractivity contribution >= 4 is 11.8 Å². The van der Waals surface area contributed by atoms with Crippen LogP contribution in [0.4, 0.5) is 8.78 Å². The quantitative estimate of drug-likeness (QED) is 0.749. The van der Waals surface area contributed by atoms with Crippen molar-refractivity contribution in [2.75, 3.05) is 39.4 Å². The molecule has 3 saturated heterocycles. The van der Waals surface area contributed by atoms with E-state index < -0.39 is 11.6 Å². The van der Waals surface area contributed by atoms with Crippen LogP contribution < -0.4 is 0 Å². The minimum absolute atomic E-state index is 0.0289. The Labute approximate surface area is 175 Å². The lowest BCUT2D eigenvalue weighted by molar-refractivity contribution is -0.161. The maximum atomic E-state index is 13.5. The Kier molecular flexibility index (Phi) is 6.34. The average Bonchev–Trinajstić information content (AvgIpc) is 3.29. The standard InChI is InChI=1S/C22H28F2N2O4/c23-18-4-3-16(13-19(18)24)21(28)26-10-6-22(7-11-26)14-17(5-12-30-22)29-15-20(27)25-8-1-2-9-25/h3-4,13,17H,1-2,5-12,14-15H2. The van der Waals surface area contributed by atoms with Gasteiger partial charge in [-0.2, -0.15) is 0 Å². The molecule has 0 aliphatic carbocycles. The molecule has 164 valence electrons. The summed E-state index contributed by atoms with van der Waals surface area (Å²) >= 11 is 0. The number of carbonyl (C=O) groups excluding carboxylic acids is 2. The number of likely N-dealkylation sites (tertiary alicyclic amines) is 2. The van der Waals surface area contributed by atoms with Crippen molar-refractivity contribution in [1.29, 1.82) is 0 Å². The highest BCUT2D eigenvalue weighted by atomic mass is 19.2. The van der Waals surface area contributed by atoms with Crippen LogP contribution in [0.2, 0.25) is 0 Å². The second-order valence-corrected chi connectivity index (χ2v) is 8.47. The number of amides is 2. The molecule has 3 aliphatic heterocycles. The second-order valence-electron chi connectivity index (χ2n) is 8.47. The molecule has 0 bridgehead atoms. The zero-order valence-corrected chi connectivity index (χ0v) is 17.1. The molecule has 3 fully saturated rings. The van der Waals surface area contributed by atoms with E-state index in [1.807, 2.05) is 4.90 Å². The topological polar surface area (TPSA) is 59.1 Å². The van der Waals surface area contributed by atoms with Gasteiger partial charge in [0.15, 0.2) is 11.6 Å². The Morgan fingerprint density at radius 2 is 1.80 bits per heavy atom. The maximum Gasteiger partial charge on any atom is 0.253 e. The Bertz CT molecular complexity index is 789. The van der Waals surface area contributed by atoms with Gasteiger partial charge >= 0.3 is 0 Å². The van der Waals surface area contributed by atoms with Crippen LogP contribution in [0.25, 0.3) is 0 Å². The van der Waals surface area contributed by atoms with Crippen molar-refractivity contribution in [2.24, 2.45) is 0 Å². The molecule has 8 heteroatoms. The Morgan fingerprint density at radius 1 is 1.07 bits per heavy atom. The fourth-order valence-electron chi connectivity index (χ4n) is 4.65. The van der Waals surface area contributed by atoms with Gasteiger partial charge in [-0.05, 0) is 50.3 Å². The van der Waals surface area contributed by atoms with Gasteiger partial charge in [-0.25, -0.2) is 8.78 Å². The summed E-state index contributed by atoms with van der Waals surface area (Å²) in [7, 11) is 0. The van der Waals surface area contributed by atoms with Crippen LogP contribution in [-0.2, 0) is 14.3 Å². The number of hydrogen-bond donors (Lipinski definition) is 0. The van der Waals surface area contributed by atoms with Gasteiger partial charge in [0.05, 0.1) is 11.7 Å². The molecule has 0 aromatic heterocycles. The highest BCUT2D eigenvalue weighted by molar-refractivity contribution is 5.94. The molecule has 3 heterocycles. The van der Waals surface area contributed by atoms with Crippen molar-refractivity contribution in [2.45, 2.75) is 50.2 Å². The molecule has 1 unspecified atom stereocenters. The van der Waals surface area contributed by atoms with Gasteiger partial charge in [0.1, 0.15) is 6.61 Å². The van der Waals surface area contributed by atoms with Crippen LogP contribution >= 0.6 is 0 Å². The Balaban J connectivity index is 1.29. The Morgan fingerprint density at radius 3 is 2.50 bits per heavy atom. The van der Waals surface area contributed by atoms with Crippen LogP contribution in [0.3, 0.4) is 0 Å². The SMILES string of the molecule is O=C(COC1CCOC2(CCN(C(=O)c3ccc(F)c(F)c3)CC2)C1)N1CCCC1. The van der Waals surface area contributed by atoms with Crippen LogP contribution in [0, 0.1) is 11.6 Å². The minimum Gasteiger partial charge on any atom is -0.375 e. The first-order valence-electron chi connectivity index (χ1n) is 10.7. The van der Waals surface area contributed by atoms with E-state index in [4.69, 9.17) is 9.47 Å². The monoisotopic (exact) mass is 422 g/mol. The van der Waals surface area contributed by atoms with Crippen LogP contribution in [0.15, 0.2) is 18.2 Å². The van der Waals surface area contributed by atoms with Gasteiger partial charge in [0.2, 0.25) is 5.91 Å². The molecule has 30 heavy (non-hydrogen) atoms. The van der Waals surface area contributed by atoms with E-state index >= 15 is 0 Å². The molecular formula is C22H28F2N2O4. The number of nitrogens with zero attached hydrogens (tertiary/aromatic N) is 2. The zero-order valence-electron chi connectivity index (χ0n) is 17.1. The predicted molar refractivity (Wildman–Crippen MR) is 105 cm³/mol. The van der Waals surface area contributed by atoms with Gasteiger partial charge < -0.3 is 19.3 Å². The fraction of sp³-hybridized carbons (Fsp3) is 0.636. The summed E-state index contributed by atoms with van der Waals surface area (Å²) in [5.41, 5.74) is -0.208. The molecular weight excluding hydrogens is 394 g/mol. The summed E-state index contributed by atoms with van der Waals surface area (Å²) in [6.45, 7) is 3.29. The predicted octanol–water partition coefficient (Wildman–Crippen LogP) is 2.76. The summed E-state index contributed by atoms with van der Waals surface area (Å²) in [4.78, 5) is 28.4. The highest BCUT2D eigenvalue weighted by Crippen LogP contribution is 2.36. The largest absolute Gasteiger partial charge is 0.375 e. The molecule has 1 atom stereocenters. The zero-order chi connectivity index (χ0) is 21.1. The first-order valence-corrected chi connectivity index (χ1v) is 10.7. The minimum atomic E-state index is -1.02. The molecule has 4 rings (SSSR count). The normalized spacial score (nSPS) is 23.7. The summed E-state index contributed by atoms with van der Waals surface area (Å²) in [6, 6.07) is 3.23. The van der Waals surface area contributed by atoms with Gasteiger partial charge in [-0.1, -0.05) is 0 Å². The number of ether oxygens (including phenoxy) is 2. The van der Waals surface area contributed by atoms with Crippen molar-refractivity contribution in [3.8, 4) is 0 Å². The molecule has 0 radical (unpaired) electrons. The number of hydrogen-bond acceptors (Lipinski definition) is 4. The number of benzene rings is 1. The van der Waals surface area contributed by atoms with E-state index in [-0.39, 0.29) is 35.7 Å². The molecule has 1 spiro atoms. The molecule has 0 saturated carbocycles. The fourth-order valence-corrected chi connectivity index (χ4v) is 4.65. The third-order valence-electron chi connectivity index (χ3n) is 6.48. The summed E-state index contributed by atoms with van der Waals surface area (Å²) in [5, 5.41) is 0. The number of carbonyl (C=O) groups is 2. The summed E-state index contributed by atoms with van der Waals surface area (Å²) < 4.78 is 38.6. The lowest BCUT2D eigenvalue weighted by Crippen LogP contribution is -2.52. The molecule has 0 N–H and O–H groups in total. The van der Waals surface area contributed by atoms with E-state index in [1.165, 1.54) is 6.07 Å². The molecule has 2 amide bonds. The van der Waals surface area contributed by atoms with Crippen molar-refractivity contribution < 1.29 is 27.8 Å². The lowest BCUT2D eigenvalue weighted by Gasteiger charge is -2.46. The van der Waals surface area contributed by atoms with Gasteiger partial charge in [-0.15, -0.1) is 0 Å².